The summed E-state index contributed by atoms with van der Waals surface area (Å²) in [5.41, 5.74) is -0.583. The number of ether oxygens (including phenoxy) is 4. The van der Waals surface area contributed by atoms with E-state index in [1.807, 2.05) is 0 Å². The van der Waals surface area contributed by atoms with Crippen LogP contribution in [0.3, 0.4) is 0 Å². The minimum atomic E-state index is -0.757. The second kappa shape index (κ2) is 5.47. The van der Waals surface area contributed by atoms with Crippen molar-refractivity contribution in [2.45, 2.75) is 20.8 Å². The highest BCUT2D eigenvalue weighted by atomic mass is 16.7. The Morgan fingerprint density at radius 3 is 1.65 bits per heavy atom. The molecule has 0 spiro atoms. The number of carbonyl (C=O) groups is 1. The molecule has 6 heteroatoms. The Hall–Kier alpha value is -1.85. The smallest absolute Gasteiger partial charge is 0.308 e. The standard InChI is InChI=1S/C6H6O4.C5H10O2/c1-5(9-3-7-1)6-2-8-4-10-6;1-5(2,3)4(6)7/h1-2H,3-4H2;1-3H3,(H,6,7). The van der Waals surface area contributed by atoms with Gasteiger partial charge in [0.25, 0.3) is 0 Å². The maximum absolute atomic E-state index is 10.0. The van der Waals surface area contributed by atoms with Gasteiger partial charge in [-0.2, -0.15) is 0 Å². The monoisotopic (exact) mass is 244 g/mol. The van der Waals surface area contributed by atoms with E-state index in [0.29, 0.717) is 11.5 Å². The van der Waals surface area contributed by atoms with E-state index in [9.17, 15) is 4.79 Å². The molecular weight excluding hydrogens is 228 g/mol. The summed E-state index contributed by atoms with van der Waals surface area (Å²) < 4.78 is 19.6. The van der Waals surface area contributed by atoms with Crippen LogP contribution >= 0.6 is 0 Å². The molecule has 0 aliphatic carbocycles. The highest BCUT2D eigenvalue weighted by Gasteiger charge is 2.19. The van der Waals surface area contributed by atoms with Gasteiger partial charge in [0.1, 0.15) is 12.5 Å². The van der Waals surface area contributed by atoms with Gasteiger partial charge in [-0.05, 0) is 20.8 Å². The van der Waals surface area contributed by atoms with Crippen LogP contribution in [0.5, 0.6) is 0 Å². The molecule has 0 aromatic heterocycles. The van der Waals surface area contributed by atoms with Gasteiger partial charge in [0.2, 0.25) is 25.1 Å². The van der Waals surface area contributed by atoms with Gasteiger partial charge in [0.05, 0.1) is 5.41 Å². The molecule has 1 N–H and O–H groups in total. The molecule has 0 saturated heterocycles. The van der Waals surface area contributed by atoms with Crippen LogP contribution in [0.4, 0.5) is 0 Å². The number of rotatable bonds is 1. The van der Waals surface area contributed by atoms with Gasteiger partial charge in [-0.15, -0.1) is 0 Å². The third-order valence-electron chi connectivity index (χ3n) is 1.83. The average Bonchev–Trinajstić information content (AvgIpc) is 2.90. The Labute approximate surface area is 99.4 Å². The van der Waals surface area contributed by atoms with E-state index < -0.39 is 11.4 Å². The molecule has 2 heterocycles. The predicted molar refractivity (Wildman–Crippen MR) is 57.3 cm³/mol. The largest absolute Gasteiger partial charge is 0.481 e. The van der Waals surface area contributed by atoms with E-state index in [2.05, 4.69) is 0 Å². The zero-order chi connectivity index (χ0) is 12.9. The predicted octanol–water partition coefficient (Wildman–Crippen LogP) is 1.79. The first-order valence-corrected chi connectivity index (χ1v) is 5.04. The van der Waals surface area contributed by atoms with Crippen molar-refractivity contribution in [3.05, 3.63) is 24.0 Å². The molecule has 0 unspecified atom stereocenters. The summed E-state index contributed by atoms with van der Waals surface area (Å²) >= 11 is 0. The van der Waals surface area contributed by atoms with Crippen LogP contribution in [0, 0.1) is 5.41 Å². The summed E-state index contributed by atoms with van der Waals surface area (Å²) in [5, 5.41) is 8.25. The molecule has 0 fully saturated rings. The Balaban J connectivity index is 0.000000185. The second-order valence-corrected chi connectivity index (χ2v) is 4.38. The fourth-order valence-corrected chi connectivity index (χ4v) is 0.741. The summed E-state index contributed by atoms with van der Waals surface area (Å²) in [6, 6.07) is 0. The third-order valence-corrected chi connectivity index (χ3v) is 1.83. The molecule has 2 rings (SSSR count). The minimum Gasteiger partial charge on any atom is -0.481 e. The minimum absolute atomic E-state index is 0.260. The van der Waals surface area contributed by atoms with Gasteiger partial charge >= 0.3 is 5.97 Å². The van der Waals surface area contributed by atoms with Crippen LogP contribution in [0.1, 0.15) is 20.8 Å². The number of carboxylic acid groups (broad SMARTS) is 1. The van der Waals surface area contributed by atoms with Crippen molar-refractivity contribution in [3.8, 4) is 0 Å². The van der Waals surface area contributed by atoms with Crippen molar-refractivity contribution in [2.24, 2.45) is 5.41 Å². The van der Waals surface area contributed by atoms with E-state index in [1.165, 1.54) is 12.5 Å². The molecule has 0 bridgehead atoms. The van der Waals surface area contributed by atoms with E-state index in [1.54, 1.807) is 20.8 Å². The number of hydrogen-bond acceptors (Lipinski definition) is 5. The first kappa shape index (κ1) is 13.2. The first-order valence-electron chi connectivity index (χ1n) is 5.04. The Morgan fingerprint density at radius 1 is 1.12 bits per heavy atom. The lowest BCUT2D eigenvalue weighted by Gasteiger charge is -2.08. The number of aliphatic carboxylic acids is 1. The zero-order valence-electron chi connectivity index (χ0n) is 10.1. The van der Waals surface area contributed by atoms with Crippen LogP contribution < -0.4 is 0 Å². The lowest BCUT2D eigenvalue weighted by molar-refractivity contribution is -0.145. The topological polar surface area (TPSA) is 74.2 Å². The third kappa shape index (κ3) is 4.26. The molecule has 2 aliphatic heterocycles. The fourth-order valence-electron chi connectivity index (χ4n) is 0.741. The van der Waals surface area contributed by atoms with Gasteiger partial charge in [-0.25, -0.2) is 0 Å². The number of hydrogen-bond donors (Lipinski definition) is 1. The van der Waals surface area contributed by atoms with Crippen molar-refractivity contribution in [1.82, 2.24) is 0 Å². The summed E-state index contributed by atoms with van der Waals surface area (Å²) in [7, 11) is 0. The van der Waals surface area contributed by atoms with Gasteiger partial charge in [-0.3, -0.25) is 4.79 Å². The molecule has 17 heavy (non-hydrogen) atoms. The normalized spacial score (nSPS) is 17.4. The molecular formula is C11H16O6. The molecule has 0 aromatic carbocycles. The van der Waals surface area contributed by atoms with E-state index >= 15 is 0 Å². The van der Waals surface area contributed by atoms with Crippen molar-refractivity contribution in [1.29, 1.82) is 0 Å². The quantitative estimate of drug-likeness (QED) is 0.758. The van der Waals surface area contributed by atoms with Crippen LogP contribution in [0.15, 0.2) is 24.0 Å². The zero-order valence-corrected chi connectivity index (χ0v) is 10.1. The van der Waals surface area contributed by atoms with Gasteiger partial charge in [-0.1, -0.05) is 0 Å². The van der Waals surface area contributed by atoms with Gasteiger partial charge in [0, 0.05) is 0 Å². The first-order chi connectivity index (χ1) is 7.91. The van der Waals surface area contributed by atoms with Crippen molar-refractivity contribution < 1.29 is 28.8 Å². The Morgan fingerprint density at radius 2 is 1.47 bits per heavy atom. The highest BCUT2D eigenvalue weighted by Crippen LogP contribution is 2.20. The summed E-state index contributed by atoms with van der Waals surface area (Å²) in [5.74, 6) is 0.433. The van der Waals surface area contributed by atoms with Gasteiger partial charge in [0.15, 0.2) is 0 Å². The highest BCUT2D eigenvalue weighted by molar-refractivity contribution is 5.72. The molecule has 2 aliphatic rings. The molecule has 0 atom stereocenters. The van der Waals surface area contributed by atoms with Crippen LogP contribution in [-0.2, 0) is 23.7 Å². The van der Waals surface area contributed by atoms with Crippen molar-refractivity contribution >= 4 is 5.97 Å². The fraction of sp³-hybridized carbons (Fsp3) is 0.545. The van der Waals surface area contributed by atoms with E-state index in [4.69, 9.17) is 24.1 Å². The lowest BCUT2D eigenvalue weighted by atomic mass is 9.98. The molecule has 0 aromatic rings. The molecule has 6 nitrogen and oxygen atoms in total. The molecule has 0 saturated carbocycles. The second-order valence-electron chi connectivity index (χ2n) is 4.38. The van der Waals surface area contributed by atoms with Crippen LogP contribution in [-0.4, -0.2) is 24.7 Å². The molecule has 0 amide bonds. The van der Waals surface area contributed by atoms with Crippen molar-refractivity contribution in [2.75, 3.05) is 13.6 Å². The summed E-state index contributed by atoms with van der Waals surface area (Å²) in [4.78, 5) is 10.0. The Kier molecular flexibility index (Phi) is 4.25. The van der Waals surface area contributed by atoms with Gasteiger partial charge < -0.3 is 24.1 Å². The van der Waals surface area contributed by atoms with E-state index in [0.717, 1.165) is 0 Å². The Bertz CT molecular complexity index is 314. The maximum atomic E-state index is 10.0. The average molecular weight is 244 g/mol. The summed E-state index contributed by atoms with van der Waals surface area (Å²) in [6.07, 6.45) is 3.00. The van der Waals surface area contributed by atoms with Crippen molar-refractivity contribution in [3.63, 3.8) is 0 Å². The molecule has 0 radical (unpaired) electrons. The maximum Gasteiger partial charge on any atom is 0.308 e. The number of carboxylic acids is 1. The van der Waals surface area contributed by atoms with Crippen LogP contribution in [0.2, 0.25) is 0 Å². The SMILES string of the molecule is C1=C(C2=COCO2)OCO1.CC(C)(C)C(=O)O. The summed E-state index contributed by atoms with van der Waals surface area (Å²) in [6.45, 7) is 5.51. The van der Waals surface area contributed by atoms with E-state index in [-0.39, 0.29) is 13.6 Å². The van der Waals surface area contributed by atoms with Crippen LogP contribution in [0.25, 0.3) is 0 Å². The lowest BCUT2D eigenvalue weighted by Crippen LogP contribution is -2.18. The molecule has 96 valence electrons.